The molecule has 0 aliphatic carbocycles. The van der Waals surface area contributed by atoms with E-state index < -0.39 is 0 Å². The molecular weight excluding hydrogens is 152 g/mol. The van der Waals surface area contributed by atoms with Crippen molar-refractivity contribution >= 4 is 6.47 Å². The number of carbonyl (C=O) groups is 1. The SMILES string of the molecule is CC(=COC=O)CCCC(C)C. The van der Waals surface area contributed by atoms with Crippen LogP contribution in [0.15, 0.2) is 11.8 Å². The fourth-order valence-electron chi connectivity index (χ4n) is 0.992. The first-order valence-corrected chi connectivity index (χ1v) is 4.41. The molecule has 2 heteroatoms. The third-order valence-corrected chi connectivity index (χ3v) is 1.68. The summed E-state index contributed by atoms with van der Waals surface area (Å²) in [7, 11) is 0. The van der Waals surface area contributed by atoms with Crippen LogP contribution in [0.4, 0.5) is 0 Å². The predicted octanol–water partition coefficient (Wildman–Crippen LogP) is 2.89. The maximum absolute atomic E-state index is 9.82. The largest absolute Gasteiger partial charge is 0.437 e. The average Bonchev–Trinajstić information content (AvgIpc) is 2.00. The molecule has 0 unspecified atom stereocenters. The lowest BCUT2D eigenvalue weighted by atomic mass is 10.0. The molecule has 0 aliphatic rings. The number of carbonyl (C=O) groups excluding carboxylic acids is 1. The summed E-state index contributed by atoms with van der Waals surface area (Å²) in [5.41, 5.74) is 1.13. The lowest BCUT2D eigenvalue weighted by Gasteiger charge is -2.03. The summed E-state index contributed by atoms with van der Waals surface area (Å²) >= 11 is 0. The summed E-state index contributed by atoms with van der Waals surface area (Å²) in [6.07, 6.45) is 4.94. The summed E-state index contributed by atoms with van der Waals surface area (Å²) in [4.78, 5) is 9.82. The number of hydrogen-bond donors (Lipinski definition) is 0. The molecule has 0 fully saturated rings. The molecule has 12 heavy (non-hydrogen) atoms. The van der Waals surface area contributed by atoms with Crippen LogP contribution < -0.4 is 0 Å². The highest BCUT2D eigenvalue weighted by Gasteiger charge is 1.95. The maximum atomic E-state index is 9.82. The average molecular weight is 170 g/mol. The van der Waals surface area contributed by atoms with Crippen LogP contribution in [-0.2, 0) is 9.53 Å². The number of ether oxygens (including phenoxy) is 1. The lowest BCUT2D eigenvalue weighted by Crippen LogP contribution is -1.88. The molecule has 0 rings (SSSR count). The number of rotatable bonds is 6. The fourth-order valence-corrected chi connectivity index (χ4v) is 0.992. The summed E-state index contributed by atoms with van der Waals surface area (Å²) in [5, 5.41) is 0. The van der Waals surface area contributed by atoms with Gasteiger partial charge in [-0.25, -0.2) is 0 Å². The van der Waals surface area contributed by atoms with Crippen molar-refractivity contribution in [3.05, 3.63) is 11.8 Å². The second-order valence-corrected chi connectivity index (χ2v) is 3.48. The van der Waals surface area contributed by atoms with Crippen molar-refractivity contribution in [2.45, 2.75) is 40.0 Å². The van der Waals surface area contributed by atoms with Crippen molar-refractivity contribution in [1.29, 1.82) is 0 Å². The van der Waals surface area contributed by atoms with Crippen LogP contribution >= 0.6 is 0 Å². The van der Waals surface area contributed by atoms with E-state index in [9.17, 15) is 4.79 Å². The standard InChI is InChI=1S/C10H18O2/c1-9(2)5-4-6-10(3)7-12-8-11/h7-9H,4-6H2,1-3H3. The van der Waals surface area contributed by atoms with Crippen LogP contribution in [0.25, 0.3) is 0 Å². The van der Waals surface area contributed by atoms with Crippen LogP contribution in [0.2, 0.25) is 0 Å². The van der Waals surface area contributed by atoms with Gasteiger partial charge in [-0.2, -0.15) is 0 Å². The number of allylic oxidation sites excluding steroid dienone is 1. The normalized spacial score (nSPS) is 11.8. The Morgan fingerprint density at radius 1 is 1.50 bits per heavy atom. The van der Waals surface area contributed by atoms with E-state index in [0.717, 1.165) is 17.9 Å². The first kappa shape index (κ1) is 11.2. The summed E-state index contributed by atoms with van der Waals surface area (Å²) < 4.78 is 4.51. The van der Waals surface area contributed by atoms with Crippen molar-refractivity contribution in [1.82, 2.24) is 0 Å². The van der Waals surface area contributed by atoms with Gasteiger partial charge in [0.25, 0.3) is 6.47 Å². The van der Waals surface area contributed by atoms with Crippen LogP contribution in [0, 0.1) is 5.92 Å². The van der Waals surface area contributed by atoms with Gasteiger partial charge in [-0.15, -0.1) is 0 Å². The zero-order valence-electron chi connectivity index (χ0n) is 8.17. The van der Waals surface area contributed by atoms with E-state index in [1.807, 2.05) is 6.92 Å². The molecule has 0 saturated heterocycles. The molecule has 0 aromatic heterocycles. The maximum Gasteiger partial charge on any atom is 0.297 e. The Labute approximate surface area is 74.6 Å². The predicted molar refractivity (Wildman–Crippen MR) is 49.6 cm³/mol. The Bertz CT molecular complexity index is 148. The highest BCUT2D eigenvalue weighted by molar-refractivity contribution is 5.38. The van der Waals surface area contributed by atoms with Crippen LogP contribution in [0.3, 0.4) is 0 Å². The van der Waals surface area contributed by atoms with E-state index in [2.05, 4.69) is 18.6 Å². The summed E-state index contributed by atoms with van der Waals surface area (Å²) in [5.74, 6) is 0.754. The molecule has 0 bridgehead atoms. The molecule has 0 radical (unpaired) electrons. The van der Waals surface area contributed by atoms with E-state index in [1.54, 1.807) is 0 Å². The molecule has 0 N–H and O–H groups in total. The molecule has 2 nitrogen and oxygen atoms in total. The Morgan fingerprint density at radius 3 is 2.67 bits per heavy atom. The van der Waals surface area contributed by atoms with Gasteiger partial charge in [0, 0.05) is 0 Å². The first-order chi connectivity index (χ1) is 5.66. The van der Waals surface area contributed by atoms with Gasteiger partial charge in [0.1, 0.15) is 0 Å². The van der Waals surface area contributed by atoms with Crippen molar-refractivity contribution in [3.63, 3.8) is 0 Å². The third-order valence-electron chi connectivity index (χ3n) is 1.68. The Morgan fingerprint density at radius 2 is 2.17 bits per heavy atom. The molecule has 0 heterocycles. The van der Waals surface area contributed by atoms with Crippen LogP contribution in [0.1, 0.15) is 40.0 Å². The minimum Gasteiger partial charge on any atom is -0.437 e. The van der Waals surface area contributed by atoms with Crippen molar-refractivity contribution in [2.24, 2.45) is 5.92 Å². The van der Waals surface area contributed by atoms with Gasteiger partial charge in [-0.05, 0) is 31.3 Å². The minimum absolute atomic E-state index is 0.450. The third kappa shape index (κ3) is 7.32. The topological polar surface area (TPSA) is 26.3 Å². The number of hydrogen-bond acceptors (Lipinski definition) is 2. The minimum atomic E-state index is 0.450. The smallest absolute Gasteiger partial charge is 0.297 e. The van der Waals surface area contributed by atoms with E-state index in [1.165, 1.54) is 19.1 Å². The van der Waals surface area contributed by atoms with E-state index >= 15 is 0 Å². The fraction of sp³-hybridized carbons (Fsp3) is 0.700. The van der Waals surface area contributed by atoms with Gasteiger partial charge in [0.05, 0.1) is 6.26 Å². The molecular formula is C10H18O2. The summed E-state index contributed by atoms with van der Waals surface area (Å²) in [6, 6.07) is 0. The molecule has 0 aromatic rings. The molecule has 0 atom stereocenters. The van der Waals surface area contributed by atoms with Gasteiger partial charge >= 0.3 is 0 Å². The Kier molecular flexibility index (Phi) is 6.44. The molecule has 0 aromatic carbocycles. The molecule has 0 amide bonds. The molecule has 0 saturated carbocycles. The Balaban J connectivity index is 3.42. The highest BCUT2D eigenvalue weighted by Crippen LogP contribution is 2.11. The molecule has 0 aliphatic heterocycles. The quantitative estimate of drug-likeness (QED) is 0.452. The second-order valence-electron chi connectivity index (χ2n) is 3.48. The van der Waals surface area contributed by atoms with Gasteiger partial charge in [0.15, 0.2) is 0 Å². The van der Waals surface area contributed by atoms with Crippen LogP contribution in [-0.4, -0.2) is 6.47 Å². The van der Waals surface area contributed by atoms with Gasteiger partial charge in [-0.3, -0.25) is 4.79 Å². The van der Waals surface area contributed by atoms with E-state index in [-0.39, 0.29) is 0 Å². The zero-order chi connectivity index (χ0) is 9.40. The van der Waals surface area contributed by atoms with Gasteiger partial charge in [-0.1, -0.05) is 20.3 Å². The molecule has 70 valence electrons. The Hall–Kier alpha value is -0.790. The van der Waals surface area contributed by atoms with Gasteiger partial charge < -0.3 is 4.74 Å². The molecule has 0 spiro atoms. The van der Waals surface area contributed by atoms with E-state index in [0.29, 0.717) is 6.47 Å². The van der Waals surface area contributed by atoms with E-state index in [4.69, 9.17) is 0 Å². The second kappa shape index (κ2) is 6.89. The van der Waals surface area contributed by atoms with Crippen molar-refractivity contribution in [2.75, 3.05) is 0 Å². The van der Waals surface area contributed by atoms with Crippen LogP contribution in [0.5, 0.6) is 0 Å². The highest BCUT2D eigenvalue weighted by atomic mass is 16.5. The monoisotopic (exact) mass is 170 g/mol. The van der Waals surface area contributed by atoms with Crippen molar-refractivity contribution < 1.29 is 9.53 Å². The van der Waals surface area contributed by atoms with Crippen molar-refractivity contribution in [3.8, 4) is 0 Å². The summed E-state index contributed by atoms with van der Waals surface area (Å²) in [6.45, 7) is 6.84. The lowest BCUT2D eigenvalue weighted by molar-refractivity contribution is -0.123. The zero-order valence-corrected chi connectivity index (χ0v) is 8.17. The van der Waals surface area contributed by atoms with Gasteiger partial charge in [0.2, 0.25) is 0 Å². The first-order valence-electron chi connectivity index (χ1n) is 4.41.